The Morgan fingerprint density at radius 3 is 2.61 bits per heavy atom. The molecule has 3 amide bonds. The lowest BCUT2D eigenvalue weighted by atomic mass is 10.1. The average molecular weight is 439 g/mol. The van der Waals surface area contributed by atoms with Crippen molar-refractivity contribution >= 4 is 45.6 Å². The first-order valence-corrected chi connectivity index (χ1v) is 10.4. The number of hydrogen-bond acceptors (Lipinski definition) is 6. The maximum atomic E-state index is 12.8. The van der Waals surface area contributed by atoms with Gasteiger partial charge in [0.1, 0.15) is 5.75 Å². The Morgan fingerprint density at radius 2 is 1.87 bits per heavy atom. The Morgan fingerprint density at radius 1 is 1.06 bits per heavy atom. The van der Waals surface area contributed by atoms with Gasteiger partial charge in [-0.15, -0.1) is 11.3 Å². The molecule has 0 radical (unpaired) electrons. The third kappa shape index (κ3) is 5.89. The normalized spacial score (nSPS) is 10.3. The van der Waals surface area contributed by atoms with E-state index in [1.165, 1.54) is 16.2 Å². The topological polar surface area (TPSA) is 101 Å². The molecule has 2 N–H and O–H groups in total. The summed E-state index contributed by atoms with van der Waals surface area (Å²) in [4.78, 5) is 42.9. The standard InChI is InChI=1S/C22H22N4O4S/c1-26(20(28)11-10-19(27)25-22-23-12-13-31-22)18-9-4-3-8-17(18)21(29)24-15-6-5-7-16(14-15)30-2/h3-9,12-14H,10-11H2,1-2H3,(H,24,29)(H,23,25,27). The van der Waals surface area contributed by atoms with Crippen LogP contribution in [0.15, 0.2) is 60.1 Å². The number of hydrogen-bond donors (Lipinski definition) is 2. The molecule has 0 unspecified atom stereocenters. The van der Waals surface area contributed by atoms with E-state index < -0.39 is 0 Å². The first-order chi connectivity index (χ1) is 15.0. The number of rotatable bonds is 8. The summed E-state index contributed by atoms with van der Waals surface area (Å²) in [6, 6.07) is 13.8. The van der Waals surface area contributed by atoms with Crippen molar-refractivity contribution in [3.63, 3.8) is 0 Å². The van der Waals surface area contributed by atoms with Crippen molar-refractivity contribution < 1.29 is 19.1 Å². The van der Waals surface area contributed by atoms with Crippen LogP contribution in [0, 0.1) is 0 Å². The monoisotopic (exact) mass is 438 g/mol. The van der Waals surface area contributed by atoms with E-state index >= 15 is 0 Å². The number of thiazole rings is 1. The molecule has 0 bridgehead atoms. The Bertz CT molecular complexity index is 1070. The lowest BCUT2D eigenvalue weighted by Gasteiger charge is -2.20. The molecule has 0 aliphatic rings. The molecule has 0 fully saturated rings. The van der Waals surface area contributed by atoms with Gasteiger partial charge in [-0.05, 0) is 24.3 Å². The van der Waals surface area contributed by atoms with E-state index in [4.69, 9.17) is 4.74 Å². The van der Waals surface area contributed by atoms with Gasteiger partial charge in [0.2, 0.25) is 11.8 Å². The Balaban J connectivity index is 1.65. The van der Waals surface area contributed by atoms with E-state index in [9.17, 15) is 14.4 Å². The molecule has 0 saturated heterocycles. The largest absolute Gasteiger partial charge is 0.497 e. The SMILES string of the molecule is COc1cccc(NC(=O)c2ccccc2N(C)C(=O)CCC(=O)Nc2nccs2)c1. The van der Waals surface area contributed by atoms with Crippen LogP contribution in [-0.4, -0.2) is 36.9 Å². The van der Waals surface area contributed by atoms with Gasteiger partial charge < -0.3 is 20.3 Å². The summed E-state index contributed by atoms with van der Waals surface area (Å²) in [5.41, 5.74) is 1.37. The highest BCUT2D eigenvalue weighted by atomic mass is 32.1. The van der Waals surface area contributed by atoms with Gasteiger partial charge in [-0.25, -0.2) is 4.98 Å². The van der Waals surface area contributed by atoms with Crippen molar-refractivity contribution in [2.24, 2.45) is 0 Å². The first-order valence-electron chi connectivity index (χ1n) is 9.48. The molecule has 0 atom stereocenters. The molecule has 8 nitrogen and oxygen atoms in total. The molecule has 3 aromatic rings. The van der Waals surface area contributed by atoms with Crippen molar-refractivity contribution in [3.8, 4) is 5.75 Å². The highest BCUT2D eigenvalue weighted by molar-refractivity contribution is 7.13. The van der Waals surface area contributed by atoms with E-state index in [1.54, 1.807) is 74.3 Å². The molecule has 1 aromatic heterocycles. The minimum Gasteiger partial charge on any atom is -0.497 e. The second kappa shape index (κ2) is 10.4. The quantitative estimate of drug-likeness (QED) is 0.557. The minimum atomic E-state index is -0.356. The summed E-state index contributed by atoms with van der Waals surface area (Å²) in [6.45, 7) is 0. The van der Waals surface area contributed by atoms with Crippen molar-refractivity contribution in [3.05, 3.63) is 65.7 Å². The Labute approximate surface area is 183 Å². The van der Waals surface area contributed by atoms with Gasteiger partial charge in [-0.3, -0.25) is 14.4 Å². The number of amides is 3. The second-order valence-corrected chi connectivity index (χ2v) is 7.44. The first kappa shape index (κ1) is 22.0. The Kier molecular flexibility index (Phi) is 7.34. The van der Waals surface area contributed by atoms with Gasteiger partial charge in [0, 0.05) is 43.2 Å². The van der Waals surface area contributed by atoms with E-state index in [1.807, 2.05) is 0 Å². The third-order valence-corrected chi connectivity index (χ3v) is 5.14. The minimum absolute atomic E-state index is 0.000450. The third-order valence-electron chi connectivity index (χ3n) is 4.46. The summed E-state index contributed by atoms with van der Waals surface area (Å²) >= 11 is 1.31. The molecule has 3 rings (SSSR count). The van der Waals surface area contributed by atoms with Crippen molar-refractivity contribution in [2.75, 3.05) is 29.7 Å². The van der Waals surface area contributed by atoms with Gasteiger partial charge in [-0.1, -0.05) is 18.2 Å². The molecule has 31 heavy (non-hydrogen) atoms. The number of aromatic nitrogens is 1. The number of carbonyl (C=O) groups excluding carboxylic acids is 3. The zero-order valence-electron chi connectivity index (χ0n) is 17.1. The lowest BCUT2D eigenvalue weighted by molar-refractivity contribution is -0.122. The molecule has 160 valence electrons. The van der Waals surface area contributed by atoms with Gasteiger partial charge in [0.05, 0.1) is 18.4 Å². The maximum Gasteiger partial charge on any atom is 0.257 e. The van der Waals surface area contributed by atoms with Crippen molar-refractivity contribution in [2.45, 2.75) is 12.8 Å². The van der Waals surface area contributed by atoms with Crippen LogP contribution in [0.3, 0.4) is 0 Å². The zero-order chi connectivity index (χ0) is 22.2. The van der Waals surface area contributed by atoms with Crippen LogP contribution >= 0.6 is 11.3 Å². The number of nitrogens with one attached hydrogen (secondary N) is 2. The summed E-state index contributed by atoms with van der Waals surface area (Å²) < 4.78 is 5.17. The van der Waals surface area contributed by atoms with E-state index in [2.05, 4.69) is 15.6 Å². The van der Waals surface area contributed by atoms with E-state index in [-0.39, 0.29) is 30.6 Å². The van der Waals surface area contributed by atoms with Gasteiger partial charge in [0.25, 0.3) is 5.91 Å². The van der Waals surface area contributed by atoms with Crippen LogP contribution in [0.2, 0.25) is 0 Å². The van der Waals surface area contributed by atoms with Gasteiger partial charge >= 0.3 is 0 Å². The summed E-state index contributed by atoms with van der Waals surface area (Å²) in [6.07, 6.45) is 1.60. The fraction of sp³-hybridized carbons (Fsp3) is 0.182. The summed E-state index contributed by atoms with van der Waals surface area (Å²) in [5, 5.41) is 7.70. The van der Waals surface area contributed by atoms with E-state index in [0.29, 0.717) is 27.8 Å². The predicted octanol–water partition coefficient (Wildman–Crippen LogP) is 3.79. The van der Waals surface area contributed by atoms with Crippen molar-refractivity contribution in [1.29, 1.82) is 0 Å². The molecule has 0 aliphatic heterocycles. The molecule has 0 spiro atoms. The zero-order valence-corrected chi connectivity index (χ0v) is 17.9. The molecule has 0 aliphatic carbocycles. The van der Waals surface area contributed by atoms with Gasteiger partial charge in [0.15, 0.2) is 5.13 Å². The molecular weight excluding hydrogens is 416 g/mol. The number of methoxy groups -OCH3 is 1. The summed E-state index contributed by atoms with van der Waals surface area (Å²) in [7, 11) is 3.13. The smallest absolute Gasteiger partial charge is 0.257 e. The highest BCUT2D eigenvalue weighted by Crippen LogP contribution is 2.23. The number of anilines is 3. The van der Waals surface area contributed by atoms with Crippen LogP contribution in [0.4, 0.5) is 16.5 Å². The number of para-hydroxylation sites is 1. The predicted molar refractivity (Wildman–Crippen MR) is 121 cm³/mol. The number of ether oxygens (including phenoxy) is 1. The van der Waals surface area contributed by atoms with Crippen LogP contribution in [0.1, 0.15) is 23.2 Å². The number of carbonyl (C=O) groups is 3. The van der Waals surface area contributed by atoms with Crippen LogP contribution < -0.4 is 20.3 Å². The van der Waals surface area contributed by atoms with Crippen molar-refractivity contribution in [1.82, 2.24) is 4.98 Å². The highest BCUT2D eigenvalue weighted by Gasteiger charge is 2.19. The molecule has 1 heterocycles. The molecule has 0 saturated carbocycles. The number of benzene rings is 2. The second-order valence-electron chi connectivity index (χ2n) is 6.54. The van der Waals surface area contributed by atoms with Crippen LogP contribution in [-0.2, 0) is 9.59 Å². The Hall–Kier alpha value is -3.72. The molecule has 2 aromatic carbocycles. The summed E-state index contributed by atoms with van der Waals surface area (Å²) in [5.74, 6) is -0.309. The molecular formula is C22H22N4O4S. The van der Waals surface area contributed by atoms with E-state index in [0.717, 1.165) is 0 Å². The lowest BCUT2D eigenvalue weighted by Crippen LogP contribution is -2.29. The maximum absolute atomic E-state index is 12.8. The van der Waals surface area contributed by atoms with Crippen LogP contribution in [0.5, 0.6) is 5.75 Å². The van der Waals surface area contributed by atoms with Crippen LogP contribution in [0.25, 0.3) is 0 Å². The fourth-order valence-electron chi connectivity index (χ4n) is 2.85. The van der Waals surface area contributed by atoms with Gasteiger partial charge in [-0.2, -0.15) is 0 Å². The average Bonchev–Trinajstić information content (AvgIpc) is 3.30. The number of nitrogens with zero attached hydrogens (tertiary/aromatic N) is 2. The fourth-order valence-corrected chi connectivity index (χ4v) is 3.39. The molecule has 9 heteroatoms.